The average Bonchev–Trinajstić information content (AvgIpc) is 3.32. The van der Waals surface area contributed by atoms with Crippen LogP contribution in [-0.2, 0) is 12.8 Å². The molecule has 1 heteroatoms. The van der Waals surface area contributed by atoms with Gasteiger partial charge in [-0.3, -0.25) is 0 Å². The Hall–Kier alpha value is -3.06. The normalized spacial score (nSPS) is 14.9. The van der Waals surface area contributed by atoms with E-state index < -0.39 is 0 Å². The molecular weight excluding hydrogens is 458 g/mol. The van der Waals surface area contributed by atoms with Gasteiger partial charge in [0.2, 0.25) is 0 Å². The molecule has 1 aliphatic rings. The number of rotatable bonds is 17. The Kier molecular flexibility index (Phi) is 13.7. The van der Waals surface area contributed by atoms with Gasteiger partial charge in [-0.2, -0.15) is 0 Å². The van der Waals surface area contributed by atoms with Gasteiger partial charge >= 0.3 is 0 Å². The molecule has 38 heavy (non-hydrogen) atoms. The molecule has 1 atom stereocenters. The number of fused-ring (bicyclic) bond motifs is 1. The highest BCUT2D eigenvalue weighted by molar-refractivity contribution is 5.67. The highest BCUT2D eigenvalue weighted by Crippen LogP contribution is 2.29. The van der Waals surface area contributed by atoms with Gasteiger partial charge in [0.15, 0.2) is 0 Å². The summed E-state index contributed by atoms with van der Waals surface area (Å²) in [5.41, 5.74) is 11.7. The summed E-state index contributed by atoms with van der Waals surface area (Å²) in [6, 6.07) is 6.99. The van der Waals surface area contributed by atoms with Crippen LogP contribution in [0.3, 0.4) is 0 Å². The highest BCUT2D eigenvalue weighted by atomic mass is 14.8. The number of allylic oxidation sites excluding steroid dienone is 11. The quantitative estimate of drug-likeness (QED) is 0.206. The second kappa shape index (κ2) is 16.7. The third-order valence-electron chi connectivity index (χ3n) is 7.51. The number of nitrogens with one attached hydrogen (secondary N) is 1. The van der Waals surface area contributed by atoms with Gasteiger partial charge < -0.3 is 5.32 Å². The predicted octanol–water partition coefficient (Wildman–Crippen LogP) is 10.8. The highest BCUT2D eigenvalue weighted by Gasteiger charge is 2.12. The fraction of sp³-hybridized carbons (Fsp3) is 0.405. The summed E-state index contributed by atoms with van der Waals surface area (Å²) in [6.45, 7) is 23.6. The molecule has 0 saturated carbocycles. The topological polar surface area (TPSA) is 12.0 Å². The molecule has 0 aliphatic heterocycles. The largest absolute Gasteiger partial charge is 0.366 e. The van der Waals surface area contributed by atoms with Gasteiger partial charge in [-0.05, 0) is 109 Å². The van der Waals surface area contributed by atoms with Gasteiger partial charge in [0.1, 0.15) is 0 Å². The first-order valence-electron chi connectivity index (χ1n) is 14.6. The van der Waals surface area contributed by atoms with Crippen LogP contribution in [0.4, 0.5) is 0 Å². The smallest absolute Gasteiger partial charge is 0.00705 e. The van der Waals surface area contributed by atoms with Crippen molar-refractivity contribution in [3.63, 3.8) is 0 Å². The number of hydrogen-bond donors (Lipinski definition) is 1. The molecule has 1 N–H and O–H groups in total. The van der Waals surface area contributed by atoms with Crippen LogP contribution >= 0.6 is 0 Å². The Balaban J connectivity index is 1.99. The van der Waals surface area contributed by atoms with Crippen molar-refractivity contribution >= 4 is 6.08 Å². The van der Waals surface area contributed by atoms with Crippen molar-refractivity contribution in [2.75, 3.05) is 0 Å². The first kappa shape index (κ1) is 31.2. The first-order valence-corrected chi connectivity index (χ1v) is 14.6. The van der Waals surface area contributed by atoms with Gasteiger partial charge in [-0.25, -0.2) is 0 Å². The van der Waals surface area contributed by atoms with Crippen molar-refractivity contribution in [3.8, 4) is 0 Å². The molecule has 0 bridgehead atoms. The van der Waals surface area contributed by atoms with E-state index in [1.165, 1.54) is 58.2 Å². The standard InChI is InChI=1S/C37H51N/c1-9-13-19-32-21-22-35-26-33(27-36(35)25-32)20-16-18-29(6)37(12-4)30(7)24-34(11-3)28(5)17-14-15-23-38-31(8)10-2/h12,15-16,20-25,27-28,38H,4,6,8-11,13-14,17-19,26H2,1-3,5,7H3/b20-16+,23-15+,34-24+,37-30+. The maximum Gasteiger partial charge on any atom is 0.00705 e. The van der Waals surface area contributed by atoms with Crippen LogP contribution in [0.15, 0.2) is 108 Å². The van der Waals surface area contributed by atoms with Crippen molar-refractivity contribution in [3.05, 3.63) is 125 Å². The number of hydrogen-bond acceptors (Lipinski definition) is 1. The lowest BCUT2D eigenvalue weighted by Gasteiger charge is -2.16. The number of benzene rings is 1. The Morgan fingerprint density at radius 2 is 1.89 bits per heavy atom. The Bertz CT molecular complexity index is 1120. The molecule has 0 heterocycles. The van der Waals surface area contributed by atoms with E-state index in [-0.39, 0.29) is 0 Å². The summed E-state index contributed by atoms with van der Waals surface area (Å²) in [5.74, 6) is 0.534. The van der Waals surface area contributed by atoms with Crippen LogP contribution in [0.1, 0.15) is 96.3 Å². The van der Waals surface area contributed by atoms with Crippen LogP contribution in [0, 0.1) is 5.92 Å². The van der Waals surface area contributed by atoms with E-state index in [2.05, 4.69) is 108 Å². The molecule has 0 saturated heterocycles. The van der Waals surface area contributed by atoms with E-state index in [1.807, 2.05) is 12.3 Å². The van der Waals surface area contributed by atoms with Crippen LogP contribution in [0.25, 0.3) is 6.08 Å². The van der Waals surface area contributed by atoms with Crippen molar-refractivity contribution in [2.24, 2.45) is 5.92 Å². The van der Waals surface area contributed by atoms with Gasteiger partial charge in [-0.1, -0.05) is 114 Å². The zero-order valence-electron chi connectivity index (χ0n) is 24.8. The molecule has 1 aromatic rings. The van der Waals surface area contributed by atoms with E-state index in [4.69, 9.17) is 0 Å². The Morgan fingerprint density at radius 3 is 2.58 bits per heavy atom. The minimum atomic E-state index is 0.534. The lowest BCUT2D eigenvalue weighted by molar-refractivity contribution is 0.602. The Labute approximate surface area is 234 Å². The summed E-state index contributed by atoms with van der Waals surface area (Å²) >= 11 is 0. The second-order valence-electron chi connectivity index (χ2n) is 10.6. The molecule has 0 fully saturated rings. The molecule has 0 amide bonds. The number of aryl methyl sites for hydroxylation is 1. The molecule has 0 radical (unpaired) electrons. The van der Waals surface area contributed by atoms with E-state index >= 15 is 0 Å². The van der Waals surface area contributed by atoms with Crippen LogP contribution in [-0.4, -0.2) is 0 Å². The van der Waals surface area contributed by atoms with Gasteiger partial charge in [0.05, 0.1) is 0 Å². The molecule has 1 unspecified atom stereocenters. The van der Waals surface area contributed by atoms with E-state index in [1.54, 1.807) is 0 Å². The van der Waals surface area contributed by atoms with Gasteiger partial charge in [-0.15, -0.1) is 0 Å². The minimum Gasteiger partial charge on any atom is -0.366 e. The van der Waals surface area contributed by atoms with Crippen molar-refractivity contribution < 1.29 is 0 Å². The molecule has 1 aromatic carbocycles. The fourth-order valence-corrected chi connectivity index (χ4v) is 4.94. The molecule has 1 nitrogen and oxygen atoms in total. The predicted molar refractivity (Wildman–Crippen MR) is 171 cm³/mol. The molecule has 0 spiro atoms. The summed E-state index contributed by atoms with van der Waals surface area (Å²) in [4.78, 5) is 0. The zero-order valence-corrected chi connectivity index (χ0v) is 24.8. The van der Waals surface area contributed by atoms with Crippen LogP contribution < -0.4 is 5.32 Å². The SMILES string of the molecule is C=C/C(C(=C)C/C=C/C1=Cc2cc(CCCC)ccc2C1)=C(C)\C=C(/CC)C(C)CC/C=C/NC(=C)CC. The third kappa shape index (κ3) is 10.0. The lowest BCUT2D eigenvalue weighted by atomic mass is 9.90. The maximum absolute atomic E-state index is 4.41. The second-order valence-corrected chi connectivity index (χ2v) is 10.6. The fourth-order valence-electron chi connectivity index (χ4n) is 4.94. The minimum absolute atomic E-state index is 0.534. The molecule has 204 valence electrons. The van der Waals surface area contributed by atoms with E-state index in [0.29, 0.717) is 5.92 Å². The molecule has 2 rings (SSSR count). The van der Waals surface area contributed by atoms with Gasteiger partial charge in [0.25, 0.3) is 0 Å². The lowest BCUT2D eigenvalue weighted by Crippen LogP contribution is -2.02. The average molecular weight is 510 g/mol. The Morgan fingerprint density at radius 1 is 1.11 bits per heavy atom. The monoisotopic (exact) mass is 509 g/mol. The zero-order chi connectivity index (χ0) is 27.9. The molecule has 0 aromatic heterocycles. The maximum atomic E-state index is 4.41. The van der Waals surface area contributed by atoms with Crippen molar-refractivity contribution in [2.45, 2.75) is 92.4 Å². The summed E-state index contributed by atoms with van der Waals surface area (Å²) in [5, 5.41) is 3.24. The third-order valence-corrected chi connectivity index (χ3v) is 7.51. The molecule has 1 aliphatic carbocycles. The van der Waals surface area contributed by atoms with Gasteiger partial charge in [0, 0.05) is 5.70 Å². The molecular formula is C37H51N. The summed E-state index contributed by atoms with van der Waals surface area (Å²) in [6.07, 6.45) is 25.2. The summed E-state index contributed by atoms with van der Waals surface area (Å²) in [7, 11) is 0. The summed E-state index contributed by atoms with van der Waals surface area (Å²) < 4.78 is 0. The first-order chi connectivity index (χ1) is 18.3. The van der Waals surface area contributed by atoms with Crippen LogP contribution in [0.5, 0.6) is 0 Å². The van der Waals surface area contributed by atoms with Crippen molar-refractivity contribution in [1.29, 1.82) is 0 Å². The van der Waals surface area contributed by atoms with Crippen LogP contribution in [0.2, 0.25) is 0 Å². The number of unbranched alkanes of at least 4 members (excludes halogenated alkanes) is 1. The van der Waals surface area contributed by atoms with E-state index in [0.717, 1.165) is 49.8 Å². The van der Waals surface area contributed by atoms with E-state index in [9.17, 15) is 0 Å². The van der Waals surface area contributed by atoms with Crippen molar-refractivity contribution in [1.82, 2.24) is 5.32 Å².